The predicted molar refractivity (Wildman–Crippen MR) is 108 cm³/mol. The second kappa shape index (κ2) is 8.92. The largest absolute Gasteiger partial charge is 0.379 e. The molecule has 7 nitrogen and oxygen atoms in total. The Morgan fingerprint density at radius 3 is 2.36 bits per heavy atom. The first-order chi connectivity index (χ1) is 13.7. The highest BCUT2D eigenvalue weighted by atomic mass is 16.5. The van der Waals surface area contributed by atoms with Gasteiger partial charge in [-0.05, 0) is 43.5 Å². The molecule has 2 N–H and O–H groups in total. The lowest BCUT2D eigenvalue weighted by molar-refractivity contribution is -0.125. The Kier molecular flexibility index (Phi) is 6.12. The molecule has 1 aromatic carbocycles. The van der Waals surface area contributed by atoms with Crippen molar-refractivity contribution in [2.75, 3.05) is 62.7 Å². The van der Waals surface area contributed by atoms with Crippen LogP contribution in [0.25, 0.3) is 0 Å². The van der Waals surface area contributed by atoms with Crippen molar-refractivity contribution in [2.45, 2.75) is 19.3 Å². The second-order valence-corrected chi connectivity index (χ2v) is 7.92. The lowest BCUT2D eigenvalue weighted by Gasteiger charge is -2.26. The Bertz CT molecular complexity index is 681. The van der Waals surface area contributed by atoms with Crippen LogP contribution in [0.3, 0.4) is 0 Å². The average molecular weight is 386 g/mol. The van der Waals surface area contributed by atoms with Crippen molar-refractivity contribution in [3.05, 3.63) is 24.3 Å². The number of hydrogen-bond acceptors (Lipinski definition) is 5. The lowest BCUT2D eigenvalue weighted by Crippen LogP contribution is -2.41. The van der Waals surface area contributed by atoms with Gasteiger partial charge in [-0.3, -0.25) is 14.5 Å². The zero-order valence-corrected chi connectivity index (χ0v) is 16.4. The van der Waals surface area contributed by atoms with Crippen LogP contribution in [0.15, 0.2) is 24.3 Å². The first kappa shape index (κ1) is 19.2. The smallest absolute Gasteiger partial charge is 0.228 e. The van der Waals surface area contributed by atoms with E-state index in [2.05, 4.69) is 32.6 Å². The van der Waals surface area contributed by atoms with Gasteiger partial charge in [-0.25, -0.2) is 0 Å². The molecule has 4 rings (SSSR count). The van der Waals surface area contributed by atoms with Crippen LogP contribution in [0.2, 0.25) is 0 Å². The number of rotatable bonds is 7. The number of morpholine rings is 1. The zero-order chi connectivity index (χ0) is 19.3. The molecule has 1 saturated carbocycles. The third-order valence-electron chi connectivity index (χ3n) is 5.90. The summed E-state index contributed by atoms with van der Waals surface area (Å²) in [5.41, 5.74) is 2.01. The molecule has 152 valence electrons. The molecule has 0 radical (unpaired) electrons. The van der Waals surface area contributed by atoms with Gasteiger partial charge >= 0.3 is 0 Å². The maximum Gasteiger partial charge on any atom is 0.228 e. The first-order valence-corrected chi connectivity index (χ1v) is 10.4. The zero-order valence-electron chi connectivity index (χ0n) is 16.4. The van der Waals surface area contributed by atoms with Gasteiger partial charge in [0, 0.05) is 50.6 Å². The van der Waals surface area contributed by atoms with E-state index in [0.29, 0.717) is 13.0 Å². The highest BCUT2D eigenvalue weighted by Crippen LogP contribution is 2.39. The molecule has 0 bridgehead atoms. The van der Waals surface area contributed by atoms with Crippen LogP contribution in [0, 0.1) is 11.8 Å². The summed E-state index contributed by atoms with van der Waals surface area (Å²) in [5, 5.41) is 5.93. The molecule has 3 aliphatic rings. The molecule has 2 heterocycles. The number of hydrogen-bond donors (Lipinski definition) is 2. The van der Waals surface area contributed by atoms with Gasteiger partial charge in [-0.1, -0.05) is 0 Å². The highest BCUT2D eigenvalue weighted by Gasteiger charge is 2.47. The van der Waals surface area contributed by atoms with Crippen LogP contribution in [-0.4, -0.2) is 69.2 Å². The molecule has 1 aliphatic carbocycles. The topological polar surface area (TPSA) is 73.9 Å². The summed E-state index contributed by atoms with van der Waals surface area (Å²) >= 11 is 0. The minimum absolute atomic E-state index is 0.00205. The number of nitrogens with one attached hydrogen (secondary N) is 2. The SMILES string of the molecule is O=C(NCCN1CCOCC1)C1CC1C(=O)Nc1ccc(N2CCCC2)cc1. The molecular formula is C21H30N4O3. The molecule has 1 aromatic rings. The molecule has 0 aromatic heterocycles. The van der Waals surface area contributed by atoms with E-state index in [4.69, 9.17) is 4.74 Å². The molecule has 2 amide bonds. The monoisotopic (exact) mass is 386 g/mol. The van der Waals surface area contributed by atoms with Crippen molar-refractivity contribution in [3.8, 4) is 0 Å². The number of ether oxygens (including phenoxy) is 1. The normalized spacial score (nSPS) is 24.8. The summed E-state index contributed by atoms with van der Waals surface area (Å²) < 4.78 is 5.32. The van der Waals surface area contributed by atoms with Gasteiger partial charge in [-0.15, -0.1) is 0 Å². The van der Waals surface area contributed by atoms with E-state index < -0.39 is 0 Å². The van der Waals surface area contributed by atoms with E-state index in [1.807, 2.05) is 12.1 Å². The average Bonchev–Trinajstić information content (AvgIpc) is 3.35. The van der Waals surface area contributed by atoms with Crippen molar-refractivity contribution in [3.63, 3.8) is 0 Å². The number of benzene rings is 1. The Morgan fingerprint density at radius 2 is 1.64 bits per heavy atom. The molecule has 28 heavy (non-hydrogen) atoms. The van der Waals surface area contributed by atoms with Gasteiger partial charge < -0.3 is 20.3 Å². The van der Waals surface area contributed by atoms with Gasteiger partial charge in [0.1, 0.15) is 0 Å². The van der Waals surface area contributed by atoms with Crippen molar-refractivity contribution < 1.29 is 14.3 Å². The maximum atomic E-state index is 12.4. The van der Waals surface area contributed by atoms with Crippen molar-refractivity contribution in [1.29, 1.82) is 0 Å². The molecule has 3 fully saturated rings. The van der Waals surface area contributed by atoms with E-state index in [1.165, 1.54) is 18.5 Å². The number of nitrogens with zero attached hydrogens (tertiary/aromatic N) is 2. The molecule has 2 unspecified atom stereocenters. The summed E-state index contributed by atoms with van der Waals surface area (Å²) in [6.45, 7) is 7.04. The van der Waals surface area contributed by atoms with E-state index in [0.717, 1.165) is 51.6 Å². The molecule has 0 spiro atoms. The van der Waals surface area contributed by atoms with Gasteiger partial charge in [0.2, 0.25) is 11.8 Å². The van der Waals surface area contributed by atoms with Crippen molar-refractivity contribution in [2.24, 2.45) is 11.8 Å². The quantitative estimate of drug-likeness (QED) is 0.739. The third kappa shape index (κ3) is 4.83. The summed E-state index contributed by atoms with van der Waals surface area (Å²) in [7, 11) is 0. The Hall–Kier alpha value is -2.12. The highest BCUT2D eigenvalue weighted by molar-refractivity contribution is 5.99. The van der Waals surface area contributed by atoms with Crippen LogP contribution >= 0.6 is 0 Å². The van der Waals surface area contributed by atoms with E-state index >= 15 is 0 Å². The number of carbonyl (C=O) groups excluding carboxylic acids is 2. The Balaban J connectivity index is 1.18. The fourth-order valence-corrected chi connectivity index (χ4v) is 4.03. The number of amides is 2. The number of anilines is 2. The van der Waals surface area contributed by atoms with Crippen LogP contribution in [-0.2, 0) is 14.3 Å². The van der Waals surface area contributed by atoms with Gasteiger partial charge in [0.25, 0.3) is 0 Å². The molecule has 7 heteroatoms. The summed E-state index contributed by atoms with van der Waals surface area (Å²) in [6.07, 6.45) is 3.13. The minimum Gasteiger partial charge on any atom is -0.379 e. The van der Waals surface area contributed by atoms with Crippen LogP contribution in [0.4, 0.5) is 11.4 Å². The number of carbonyl (C=O) groups is 2. The van der Waals surface area contributed by atoms with Gasteiger partial charge in [-0.2, -0.15) is 0 Å². The van der Waals surface area contributed by atoms with Crippen LogP contribution in [0.5, 0.6) is 0 Å². The molecule has 2 atom stereocenters. The predicted octanol–water partition coefficient (Wildman–Crippen LogP) is 1.31. The van der Waals surface area contributed by atoms with Crippen molar-refractivity contribution in [1.82, 2.24) is 10.2 Å². The molecule has 2 aliphatic heterocycles. The van der Waals surface area contributed by atoms with Crippen molar-refractivity contribution >= 4 is 23.2 Å². The van der Waals surface area contributed by atoms with E-state index in [-0.39, 0.29) is 23.7 Å². The first-order valence-electron chi connectivity index (χ1n) is 10.4. The van der Waals surface area contributed by atoms with Gasteiger partial charge in [0.15, 0.2) is 0 Å². The molecular weight excluding hydrogens is 356 g/mol. The summed E-state index contributed by atoms with van der Waals surface area (Å²) in [4.78, 5) is 29.3. The van der Waals surface area contributed by atoms with Crippen LogP contribution < -0.4 is 15.5 Å². The fraction of sp³-hybridized carbons (Fsp3) is 0.619. The van der Waals surface area contributed by atoms with Crippen LogP contribution in [0.1, 0.15) is 19.3 Å². The molecule has 2 saturated heterocycles. The minimum atomic E-state index is -0.207. The van der Waals surface area contributed by atoms with E-state index in [1.54, 1.807) is 0 Å². The Labute approximate surface area is 166 Å². The maximum absolute atomic E-state index is 12.4. The lowest BCUT2D eigenvalue weighted by atomic mass is 10.2. The summed E-state index contributed by atoms with van der Waals surface area (Å²) in [6, 6.07) is 8.02. The van der Waals surface area contributed by atoms with E-state index in [9.17, 15) is 9.59 Å². The Morgan fingerprint density at radius 1 is 0.964 bits per heavy atom. The second-order valence-electron chi connectivity index (χ2n) is 7.92. The summed E-state index contributed by atoms with van der Waals surface area (Å²) in [5.74, 6) is -0.449. The fourth-order valence-electron chi connectivity index (χ4n) is 4.03. The third-order valence-corrected chi connectivity index (χ3v) is 5.90. The standard InChI is InChI=1S/C21H30N4O3/c26-20(22-7-10-24-11-13-28-14-12-24)18-15-19(18)21(27)23-16-3-5-17(6-4-16)25-8-1-2-9-25/h3-6,18-19H,1-2,7-15H2,(H,22,26)(H,23,27). The van der Waals surface area contributed by atoms with Gasteiger partial charge in [0.05, 0.1) is 25.0 Å².